The molecule has 0 aromatic heterocycles. The van der Waals surface area contributed by atoms with Crippen molar-refractivity contribution in [2.24, 2.45) is 5.41 Å². The van der Waals surface area contributed by atoms with Gasteiger partial charge in [0.15, 0.2) is 0 Å². The molecule has 0 saturated carbocycles. The molecule has 1 nitrogen and oxygen atoms in total. The van der Waals surface area contributed by atoms with Crippen LogP contribution in [0, 0.1) is 5.41 Å². The van der Waals surface area contributed by atoms with E-state index in [9.17, 15) is 0 Å². The van der Waals surface area contributed by atoms with Gasteiger partial charge in [-0.3, -0.25) is 0 Å². The topological polar surface area (TPSA) is 16.6 Å². The summed E-state index contributed by atoms with van der Waals surface area (Å²) in [6, 6.07) is 0. The zero-order valence-corrected chi connectivity index (χ0v) is 8.13. The first-order valence-electron chi connectivity index (χ1n) is 3.51. The first kappa shape index (κ1) is 12.6. The lowest BCUT2D eigenvalue weighted by Gasteiger charge is -2.17. The van der Waals surface area contributed by atoms with Crippen molar-refractivity contribution >= 4 is 0 Å². The SMILES string of the molecule is C=C([NH2+]CC)C(C)(C)C.[Cl-]. The van der Waals surface area contributed by atoms with Crippen molar-refractivity contribution in [1.29, 1.82) is 0 Å². The second-order valence-corrected chi connectivity index (χ2v) is 3.39. The average Bonchev–Trinajstić information content (AvgIpc) is 1.64. The Hall–Kier alpha value is -0.0100. The fourth-order valence-electron chi connectivity index (χ4n) is 0.553. The summed E-state index contributed by atoms with van der Waals surface area (Å²) in [5, 5.41) is 2.18. The van der Waals surface area contributed by atoms with E-state index in [-0.39, 0.29) is 17.8 Å². The quantitative estimate of drug-likeness (QED) is 0.492. The van der Waals surface area contributed by atoms with E-state index in [1.54, 1.807) is 0 Å². The van der Waals surface area contributed by atoms with Crippen LogP contribution in [0.5, 0.6) is 0 Å². The molecule has 0 aliphatic carbocycles. The first-order chi connectivity index (χ1) is 3.98. The van der Waals surface area contributed by atoms with Gasteiger partial charge in [-0.2, -0.15) is 0 Å². The van der Waals surface area contributed by atoms with E-state index in [0.717, 1.165) is 6.54 Å². The second kappa shape index (κ2) is 4.75. The van der Waals surface area contributed by atoms with E-state index < -0.39 is 0 Å². The summed E-state index contributed by atoms with van der Waals surface area (Å²) in [7, 11) is 0. The molecular formula is C8H18ClN. The normalized spacial score (nSPS) is 10.4. The zero-order valence-electron chi connectivity index (χ0n) is 7.37. The first-order valence-corrected chi connectivity index (χ1v) is 3.51. The number of halogens is 1. The van der Waals surface area contributed by atoms with Gasteiger partial charge in [-0.15, -0.1) is 0 Å². The Balaban J connectivity index is 0. The molecule has 0 aromatic rings. The van der Waals surface area contributed by atoms with Crippen LogP contribution in [0.4, 0.5) is 0 Å². The Morgan fingerprint density at radius 1 is 1.40 bits per heavy atom. The van der Waals surface area contributed by atoms with Gasteiger partial charge in [0.2, 0.25) is 0 Å². The van der Waals surface area contributed by atoms with Crippen LogP contribution in [0.1, 0.15) is 27.7 Å². The van der Waals surface area contributed by atoms with E-state index in [4.69, 9.17) is 0 Å². The van der Waals surface area contributed by atoms with Crippen molar-refractivity contribution in [3.8, 4) is 0 Å². The van der Waals surface area contributed by atoms with Gasteiger partial charge >= 0.3 is 0 Å². The molecule has 0 aromatic carbocycles. The Kier molecular flexibility index (Phi) is 6.01. The van der Waals surface area contributed by atoms with Crippen LogP contribution in [0.3, 0.4) is 0 Å². The molecule has 2 N–H and O–H groups in total. The minimum absolute atomic E-state index is 0. The summed E-state index contributed by atoms with van der Waals surface area (Å²) in [5.74, 6) is 0. The van der Waals surface area contributed by atoms with Gasteiger partial charge in [0.1, 0.15) is 5.70 Å². The van der Waals surface area contributed by atoms with Crippen molar-refractivity contribution in [2.45, 2.75) is 27.7 Å². The lowest BCUT2D eigenvalue weighted by molar-refractivity contribution is -0.612. The molecule has 0 rings (SSSR count). The molecule has 62 valence electrons. The van der Waals surface area contributed by atoms with Gasteiger partial charge in [-0.05, 0) is 13.5 Å². The molecule has 0 saturated heterocycles. The smallest absolute Gasteiger partial charge is 0.104 e. The summed E-state index contributed by atoms with van der Waals surface area (Å²) in [5.41, 5.74) is 1.50. The number of hydrogen-bond donors (Lipinski definition) is 1. The van der Waals surface area contributed by atoms with Crippen LogP contribution in [0.15, 0.2) is 12.3 Å². The van der Waals surface area contributed by atoms with E-state index in [0.29, 0.717) is 0 Å². The molecule has 2 heteroatoms. The zero-order chi connectivity index (χ0) is 7.49. The van der Waals surface area contributed by atoms with Gasteiger partial charge in [-0.1, -0.05) is 20.8 Å². The lowest BCUT2D eigenvalue weighted by atomic mass is 9.93. The number of hydrogen-bond acceptors (Lipinski definition) is 0. The van der Waals surface area contributed by atoms with Gasteiger partial charge in [-0.25, -0.2) is 0 Å². The van der Waals surface area contributed by atoms with E-state index >= 15 is 0 Å². The predicted molar refractivity (Wildman–Crippen MR) is 41.1 cm³/mol. The van der Waals surface area contributed by atoms with E-state index in [1.165, 1.54) is 5.70 Å². The minimum atomic E-state index is 0. The summed E-state index contributed by atoms with van der Waals surface area (Å²) >= 11 is 0. The highest BCUT2D eigenvalue weighted by atomic mass is 35.5. The van der Waals surface area contributed by atoms with Crippen LogP contribution in [-0.2, 0) is 0 Å². The van der Waals surface area contributed by atoms with E-state index in [1.807, 2.05) is 0 Å². The maximum atomic E-state index is 3.96. The molecule has 0 aliphatic heterocycles. The fourth-order valence-corrected chi connectivity index (χ4v) is 0.553. The van der Waals surface area contributed by atoms with Crippen LogP contribution in [0.2, 0.25) is 0 Å². The molecule has 0 fully saturated rings. The number of allylic oxidation sites excluding steroid dienone is 1. The third kappa shape index (κ3) is 4.83. The maximum Gasteiger partial charge on any atom is 0.104 e. The standard InChI is InChI=1S/C8H17N.ClH/c1-6-9-7(2)8(3,4)5;/h9H,2,6H2,1,3-5H3;1H. The Labute approximate surface area is 70.3 Å². The highest BCUT2D eigenvalue weighted by molar-refractivity contribution is 4.91. The van der Waals surface area contributed by atoms with Crippen molar-refractivity contribution in [3.05, 3.63) is 12.3 Å². The summed E-state index contributed by atoms with van der Waals surface area (Å²) in [4.78, 5) is 0. The summed E-state index contributed by atoms with van der Waals surface area (Å²) in [6.07, 6.45) is 0. The third-order valence-corrected chi connectivity index (χ3v) is 1.41. The van der Waals surface area contributed by atoms with Crippen molar-refractivity contribution in [2.75, 3.05) is 6.54 Å². The predicted octanol–water partition coefficient (Wildman–Crippen LogP) is -1.87. The Bertz CT molecular complexity index is 102. The van der Waals surface area contributed by atoms with Crippen LogP contribution in [0.25, 0.3) is 0 Å². The Morgan fingerprint density at radius 2 is 1.80 bits per heavy atom. The second-order valence-electron chi connectivity index (χ2n) is 3.39. The largest absolute Gasteiger partial charge is 1.00 e. The van der Waals surface area contributed by atoms with Crippen LogP contribution < -0.4 is 17.7 Å². The summed E-state index contributed by atoms with van der Waals surface area (Å²) in [6.45, 7) is 13.7. The van der Waals surface area contributed by atoms with Gasteiger partial charge in [0, 0.05) is 5.41 Å². The molecule has 0 heterocycles. The van der Waals surface area contributed by atoms with Crippen LogP contribution >= 0.6 is 0 Å². The minimum Gasteiger partial charge on any atom is -1.00 e. The molecule has 0 amide bonds. The van der Waals surface area contributed by atoms with Crippen molar-refractivity contribution < 1.29 is 17.7 Å². The molecule has 0 bridgehead atoms. The van der Waals surface area contributed by atoms with Crippen LogP contribution in [-0.4, -0.2) is 6.54 Å². The van der Waals surface area contributed by atoms with Gasteiger partial charge in [0.05, 0.1) is 6.54 Å². The van der Waals surface area contributed by atoms with Gasteiger partial charge < -0.3 is 17.7 Å². The molecule has 0 spiro atoms. The molecule has 0 unspecified atom stereocenters. The molecule has 0 aliphatic rings. The molecule has 0 radical (unpaired) electrons. The monoisotopic (exact) mass is 163 g/mol. The number of quaternary nitrogens is 1. The molecule has 10 heavy (non-hydrogen) atoms. The third-order valence-electron chi connectivity index (χ3n) is 1.41. The average molecular weight is 164 g/mol. The Morgan fingerprint density at radius 3 is 1.90 bits per heavy atom. The number of nitrogens with two attached hydrogens (primary N) is 1. The van der Waals surface area contributed by atoms with Crippen molar-refractivity contribution in [1.82, 2.24) is 0 Å². The molecule has 0 atom stereocenters. The fraction of sp³-hybridized carbons (Fsp3) is 0.750. The van der Waals surface area contributed by atoms with E-state index in [2.05, 4.69) is 39.6 Å². The highest BCUT2D eigenvalue weighted by Gasteiger charge is 2.17. The highest BCUT2D eigenvalue weighted by Crippen LogP contribution is 2.17. The van der Waals surface area contributed by atoms with Gasteiger partial charge in [0.25, 0.3) is 0 Å². The molecular weight excluding hydrogens is 146 g/mol. The lowest BCUT2D eigenvalue weighted by Crippen LogP contribution is -3.00. The maximum absolute atomic E-state index is 3.96. The summed E-state index contributed by atoms with van der Waals surface area (Å²) < 4.78 is 0. The number of rotatable bonds is 2. The van der Waals surface area contributed by atoms with Crippen molar-refractivity contribution in [3.63, 3.8) is 0 Å².